The summed E-state index contributed by atoms with van der Waals surface area (Å²) in [6.07, 6.45) is 5.94. The topological polar surface area (TPSA) is 46.4 Å². The Morgan fingerprint density at radius 1 is 1.30 bits per heavy atom. The number of aryl methyl sites for hydroxylation is 1. The number of rotatable bonds is 6. The van der Waals surface area contributed by atoms with E-state index >= 15 is 0 Å². The molecular weight excluding hydrogens is 252 g/mol. The molecule has 1 aliphatic heterocycles. The van der Waals surface area contributed by atoms with E-state index in [1.807, 2.05) is 19.9 Å². The first-order valence-electron chi connectivity index (χ1n) is 7.58. The monoisotopic (exact) mass is 276 g/mol. The van der Waals surface area contributed by atoms with Gasteiger partial charge in [-0.25, -0.2) is 0 Å². The van der Waals surface area contributed by atoms with Crippen molar-refractivity contribution in [3.05, 3.63) is 32.9 Å². The van der Waals surface area contributed by atoms with Crippen molar-refractivity contribution in [3.8, 4) is 0 Å². The molecule has 0 N–H and O–H groups in total. The van der Waals surface area contributed by atoms with Crippen molar-refractivity contribution >= 4 is 11.4 Å². The molecule has 0 spiro atoms. The molecule has 0 aliphatic carbocycles. The number of hydrogen-bond acceptors (Lipinski definition) is 3. The molecule has 4 heteroatoms. The van der Waals surface area contributed by atoms with Gasteiger partial charge in [0.1, 0.15) is 0 Å². The standard InChI is InChI=1S/C16H24N2O2/c1-4-5-6-7-9-17-10-8-14-11-12(2)15(18(19)20)13(3)16(14)17/h11H,4-10H2,1-3H3. The summed E-state index contributed by atoms with van der Waals surface area (Å²) in [6, 6.07) is 2.01. The van der Waals surface area contributed by atoms with E-state index in [0.717, 1.165) is 36.3 Å². The van der Waals surface area contributed by atoms with E-state index in [4.69, 9.17) is 0 Å². The van der Waals surface area contributed by atoms with Crippen LogP contribution in [0.1, 0.15) is 49.3 Å². The maximum Gasteiger partial charge on any atom is 0.277 e. The Morgan fingerprint density at radius 2 is 2.05 bits per heavy atom. The lowest BCUT2D eigenvalue weighted by Crippen LogP contribution is -2.22. The van der Waals surface area contributed by atoms with Crippen LogP contribution in [0.2, 0.25) is 0 Å². The number of anilines is 1. The van der Waals surface area contributed by atoms with E-state index in [2.05, 4.69) is 11.8 Å². The molecule has 0 aromatic heterocycles. The van der Waals surface area contributed by atoms with Gasteiger partial charge in [-0.3, -0.25) is 10.1 Å². The summed E-state index contributed by atoms with van der Waals surface area (Å²) in [7, 11) is 0. The van der Waals surface area contributed by atoms with Crippen molar-refractivity contribution in [1.82, 2.24) is 0 Å². The predicted octanol–water partition coefficient (Wildman–Crippen LogP) is 4.15. The highest BCUT2D eigenvalue weighted by molar-refractivity contribution is 5.71. The first-order valence-corrected chi connectivity index (χ1v) is 7.58. The van der Waals surface area contributed by atoms with Crippen LogP contribution in [-0.4, -0.2) is 18.0 Å². The molecule has 0 fully saturated rings. The van der Waals surface area contributed by atoms with E-state index in [1.54, 1.807) is 0 Å². The van der Waals surface area contributed by atoms with Gasteiger partial charge in [0.2, 0.25) is 0 Å². The summed E-state index contributed by atoms with van der Waals surface area (Å²) < 4.78 is 0. The fraction of sp³-hybridized carbons (Fsp3) is 0.625. The fourth-order valence-corrected chi connectivity index (χ4v) is 3.28. The van der Waals surface area contributed by atoms with E-state index < -0.39 is 0 Å². The van der Waals surface area contributed by atoms with Gasteiger partial charge >= 0.3 is 0 Å². The van der Waals surface area contributed by atoms with E-state index in [0.29, 0.717) is 5.69 Å². The average Bonchev–Trinajstić information content (AvgIpc) is 2.77. The maximum atomic E-state index is 11.2. The molecule has 0 radical (unpaired) electrons. The number of unbranched alkanes of at least 4 members (excludes halogenated alkanes) is 3. The minimum absolute atomic E-state index is 0.238. The molecule has 0 atom stereocenters. The smallest absolute Gasteiger partial charge is 0.277 e. The highest BCUT2D eigenvalue weighted by Gasteiger charge is 2.27. The number of nitro benzene ring substituents is 1. The Labute approximate surface area is 120 Å². The van der Waals surface area contributed by atoms with Gasteiger partial charge in [0.25, 0.3) is 5.69 Å². The molecule has 2 rings (SSSR count). The third kappa shape index (κ3) is 2.79. The molecule has 20 heavy (non-hydrogen) atoms. The SMILES string of the molecule is CCCCCCN1CCc2cc(C)c([N+](=O)[O-])c(C)c21. The maximum absolute atomic E-state index is 11.2. The Bertz CT molecular complexity index is 512. The van der Waals surface area contributed by atoms with Crippen LogP contribution < -0.4 is 4.90 Å². The van der Waals surface area contributed by atoms with Gasteiger partial charge in [0.05, 0.1) is 10.5 Å². The Balaban J connectivity index is 2.22. The van der Waals surface area contributed by atoms with Crippen molar-refractivity contribution in [2.45, 2.75) is 52.9 Å². The molecule has 0 saturated heterocycles. The molecule has 1 aromatic carbocycles. The molecule has 0 bridgehead atoms. The highest BCUT2D eigenvalue weighted by Crippen LogP contribution is 2.39. The van der Waals surface area contributed by atoms with Crippen LogP contribution in [0, 0.1) is 24.0 Å². The summed E-state index contributed by atoms with van der Waals surface area (Å²) in [5.41, 5.74) is 4.33. The molecule has 0 unspecified atom stereocenters. The molecule has 1 aromatic rings. The second-order valence-electron chi connectivity index (χ2n) is 5.73. The number of nitrogens with zero attached hydrogens (tertiary/aromatic N) is 2. The quantitative estimate of drug-likeness (QED) is 0.445. The van der Waals surface area contributed by atoms with Crippen molar-refractivity contribution < 1.29 is 4.92 Å². The van der Waals surface area contributed by atoms with Gasteiger partial charge in [-0.1, -0.05) is 26.2 Å². The summed E-state index contributed by atoms with van der Waals surface area (Å²) in [5.74, 6) is 0. The minimum Gasteiger partial charge on any atom is -0.371 e. The summed E-state index contributed by atoms with van der Waals surface area (Å²) in [5, 5.41) is 11.2. The zero-order chi connectivity index (χ0) is 14.7. The van der Waals surface area contributed by atoms with Crippen LogP contribution in [0.4, 0.5) is 11.4 Å². The van der Waals surface area contributed by atoms with Crippen LogP contribution in [-0.2, 0) is 6.42 Å². The van der Waals surface area contributed by atoms with E-state index in [9.17, 15) is 10.1 Å². The van der Waals surface area contributed by atoms with Crippen molar-refractivity contribution in [2.75, 3.05) is 18.0 Å². The van der Waals surface area contributed by atoms with Crippen molar-refractivity contribution in [3.63, 3.8) is 0 Å². The molecule has 1 aliphatic rings. The van der Waals surface area contributed by atoms with Crippen molar-refractivity contribution in [1.29, 1.82) is 0 Å². The van der Waals surface area contributed by atoms with Crippen LogP contribution in [0.15, 0.2) is 6.07 Å². The lowest BCUT2D eigenvalue weighted by molar-refractivity contribution is -0.386. The zero-order valence-electron chi connectivity index (χ0n) is 12.7. The van der Waals surface area contributed by atoms with E-state index in [-0.39, 0.29) is 4.92 Å². The normalized spacial score (nSPS) is 13.7. The molecule has 0 amide bonds. The lowest BCUT2D eigenvalue weighted by atomic mass is 10.0. The Kier molecular flexibility index (Phi) is 4.63. The first-order chi connectivity index (χ1) is 9.56. The zero-order valence-corrected chi connectivity index (χ0v) is 12.7. The summed E-state index contributed by atoms with van der Waals surface area (Å²) in [4.78, 5) is 13.3. The largest absolute Gasteiger partial charge is 0.371 e. The van der Waals surface area contributed by atoms with Crippen LogP contribution in [0.3, 0.4) is 0 Å². The molecule has 4 nitrogen and oxygen atoms in total. The highest BCUT2D eigenvalue weighted by atomic mass is 16.6. The second kappa shape index (κ2) is 6.25. The van der Waals surface area contributed by atoms with Crippen LogP contribution >= 0.6 is 0 Å². The molecular formula is C16H24N2O2. The molecule has 1 heterocycles. The van der Waals surface area contributed by atoms with Gasteiger partial charge in [-0.2, -0.15) is 0 Å². The van der Waals surface area contributed by atoms with Gasteiger partial charge < -0.3 is 4.90 Å². The number of fused-ring (bicyclic) bond motifs is 1. The van der Waals surface area contributed by atoms with Gasteiger partial charge in [0.15, 0.2) is 0 Å². The van der Waals surface area contributed by atoms with Gasteiger partial charge in [-0.15, -0.1) is 0 Å². The number of nitro groups is 1. The average molecular weight is 276 g/mol. The molecule has 0 saturated carbocycles. The lowest BCUT2D eigenvalue weighted by Gasteiger charge is -2.21. The van der Waals surface area contributed by atoms with Crippen molar-refractivity contribution in [2.24, 2.45) is 0 Å². The van der Waals surface area contributed by atoms with Gasteiger partial charge in [-0.05, 0) is 38.3 Å². The number of hydrogen-bond donors (Lipinski definition) is 0. The van der Waals surface area contributed by atoms with Gasteiger partial charge in [0, 0.05) is 24.3 Å². The Morgan fingerprint density at radius 3 is 2.70 bits per heavy atom. The van der Waals surface area contributed by atoms with Crippen LogP contribution in [0.25, 0.3) is 0 Å². The second-order valence-corrected chi connectivity index (χ2v) is 5.73. The molecule has 110 valence electrons. The number of benzene rings is 1. The predicted molar refractivity (Wildman–Crippen MR) is 82.6 cm³/mol. The van der Waals surface area contributed by atoms with E-state index in [1.165, 1.54) is 31.2 Å². The first kappa shape index (κ1) is 14.8. The fourth-order valence-electron chi connectivity index (χ4n) is 3.28. The summed E-state index contributed by atoms with van der Waals surface area (Å²) in [6.45, 7) is 7.97. The Hall–Kier alpha value is -1.58. The summed E-state index contributed by atoms with van der Waals surface area (Å²) >= 11 is 0. The third-order valence-electron chi connectivity index (χ3n) is 4.21. The third-order valence-corrected chi connectivity index (χ3v) is 4.21. The minimum atomic E-state index is -0.238. The van der Waals surface area contributed by atoms with Crippen LogP contribution in [0.5, 0.6) is 0 Å².